The maximum Gasteiger partial charge on any atom is 0.325 e. The fourth-order valence-electron chi connectivity index (χ4n) is 3.35. The van der Waals surface area contributed by atoms with E-state index in [9.17, 15) is 39.9 Å². The van der Waals surface area contributed by atoms with Crippen LogP contribution >= 0.6 is 0 Å². The number of unbranched alkanes of at least 4 members (excludes halogenated alkanes) is 1. The van der Waals surface area contributed by atoms with Crippen LogP contribution in [0.4, 0.5) is 0 Å². The van der Waals surface area contributed by atoms with Crippen molar-refractivity contribution >= 4 is 17.8 Å². The van der Waals surface area contributed by atoms with Gasteiger partial charge in [-0.05, 0) is 33.2 Å². The molecule has 1 rings (SSSR count). The summed E-state index contributed by atoms with van der Waals surface area (Å²) in [7, 11) is 0. The number of aliphatic hydroxyl groups excluding tert-OH is 4. The Bertz CT molecular complexity index is 682. The average Bonchev–Trinajstić information content (AvgIpc) is 2.79. The predicted octanol–water partition coefficient (Wildman–Crippen LogP) is -4.28. The Morgan fingerprint density at radius 1 is 1.00 bits per heavy atom. The second kappa shape index (κ2) is 13.8. The first-order valence-corrected chi connectivity index (χ1v) is 11.2. The Hall–Kier alpha value is -1.91. The molecule has 1 heterocycles. The van der Waals surface area contributed by atoms with E-state index in [4.69, 9.17) is 15.6 Å². The molecule has 14 heteroatoms. The largest absolute Gasteiger partial charge is 0.480 e. The number of nitrogens with one attached hydrogen (secondary N) is 3. The summed E-state index contributed by atoms with van der Waals surface area (Å²) >= 11 is 0. The Morgan fingerprint density at radius 3 is 2.21 bits per heavy atom. The molecule has 14 nitrogen and oxygen atoms in total. The minimum atomic E-state index is -2.13. The molecule has 1 saturated heterocycles. The molecule has 0 aromatic carbocycles. The lowest BCUT2D eigenvalue weighted by atomic mass is 9.91. The summed E-state index contributed by atoms with van der Waals surface area (Å²) in [4.78, 5) is 34.8. The quantitative estimate of drug-likeness (QED) is 0.103. The number of carboxylic acid groups (broad SMARTS) is 1. The smallest absolute Gasteiger partial charge is 0.325 e. The SMILES string of the molecule is CC(NC(=O)C(C)NC(=O)C(N)CCCCNCCC1(O)OC(CO)C(O)C(O)C1O)C(=O)O. The average molecular weight is 495 g/mol. The molecule has 11 N–H and O–H groups in total. The molecule has 198 valence electrons. The van der Waals surface area contributed by atoms with Crippen LogP contribution in [0.1, 0.15) is 39.5 Å². The number of rotatable bonds is 14. The first-order valence-electron chi connectivity index (χ1n) is 11.2. The van der Waals surface area contributed by atoms with Crippen LogP contribution in [-0.4, -0.2) is 116 Å². The Kier molecular flexibility index (Phi) is 12.3. The van der Waals surface area contributed by atoms with E-state index >= 15 is 0 Å². The van der Waals surface area contributed by atoms with Gasteiger partial charge in [-0.2, -0.15) is 0 Å². The number of nitrogens with two attached hydrogens (primary N) is 1. The fraction of sp³-hybridized carbons (Fsp3) is 0.850. The van der Waals surface area contributed by atoms with E-state index in [2.05, 4.69) is 16.0 Å². The molecule has 1 fully saturated rings. The van der Waals surface area contributed by atoms with E-state index < -0.39 is 72.7 Å². The minimum Gasteiger partial charge on any atom is -0.480 e. The molecule has 8 unspecified atom stereocenters. The van der Waals surface area contributed by atoms with Crippen molar-refractivity contribution in [3.8, 4) is 0 Å². The van der Waals surface area contributed by atoms with Crippen molar-refractivity contribution in [3.05, 3.63) is 0 Å². The lowest BCUT2D eigenvalue weighted by Crippen LogP contribution is -2.65. The molecule has 1 aliphatic rings. The van der Waals surface area contributed by atoms with E-state index in [-0.39, 0.29) is 13.0 Å². The Morgan fingerprint density at radius 2 is 1.62 bits per heavy atom. The summed E-state index contributed by atoms with van der Waals surface area (Å²) in [5.41, 5.74) is 5.84. The molecular formula is C20H38N4O10. The number of aliphatic hydroxyl groups is 5. The van der Waals surface area contributed by atoms with Gasteiger partial charge in [0.2, 0.25) is 11.8 Å². The summed E-state index contributed by atoms with van der Waals surface area (Å²) < 4.78 is 5.17. The van der Waals surface area contributed by atoms with Gasteiger partial charge in [0.25, 0.3) is 0 Å². The van der Waals surface area contributed by atoms with Crippen molar-refractivity contribution in [1.82, 2.24) is 16.0 Å². The molecule has 34 heavy (non-hydrogen) atoms. The molecule has 0 bridgehead atoms. The highest BCUT2D eigenvalue weighted by atomic mass is 16.7. The van der Waals surface area contributed by atoms with Gasteiger partial charge in [-0.1, -0.05) is 6.42 Å². The van der Waals surface area contributed by atoms with Crippen LogP contribution in [0.5, 0.6) is 0 Å². The van der Waals surface area contributed by atoms with E-state index in [1.54, 1.807) is 0 Å². The zero-order chi connectivity index (χ0) is 26.1. The van der Waals surface area contributed by atoms with Gasteiger partial charge in [0.15, 0.2) is 5.79 Å². The standard InChI is InChI=1S/C20H38N4O10/c1-10(17(29)24-11(2)19(31)32)23-18(30)12(21)5-3-4-7-22-8-6-20(33)16(28)15(27)14(26)13(9-25)34-20/h10-16,22,25-28,33H,3-9,21H2,1-2H3,(H,23,30)(H,24,29)(H,31,32). The lowest BCUT2D eigenvalue weighted by molar-refractivity contribution is -0.350. The van der Waals surface area contributed by atoms with E-state index in [0.29, 0.717) is 25.8 Å². The van der Waals surface area contributed by atoms with Crippen LogP contribution in [-0.2, 0) is 19.1 Å². The predicted molar refractivity (Wildman–Crippen MR) is 117 cm³/mol. The molecule has 0 spiro atoms. The van der Waals surface area contributed by atoms with E-state index in [0.717, 1.165) is 0 Å². The van der Waals surface area contributed by atoms with Gasteiger partial charge in [-0.15, -0.1) is 0 Å². The number of ether oxygens (including phenoxy) is 1. The third kappa shape index (κ3) is 8.70. The van der Waals surface area contributed by atoms with Crippen molar-refractivity contribution in [1.29, 1.82) is 0 Å². The third-order valence-corrected chi connectivity index (χ3v) is 5.65. The van der Waals surface area contributed by atoms with Crippen LogP contribution in [0.25, 0.3) is 0 Å². The zero-order valence-electron chi connectivity index (χ0n) is 19.4. The molecule has 8 atom stereocenters. The van der Waals surface area contributed by atoms with Gasteiger partial charge in [-0.3, -0.25) is 14.4 Å². The van der Waals surface area contributed by atoms with Crippen molar-refractivity contribution in [3.63, 3.8) is 0 Å². The lowest BCUT2D eigenvalue weighted by Gasteiger charge is -2.45. The number of carbonyl (C=O) groups excluding carboxylic acids is 2. The normalized spacial score (nSPS) is 29.6. The summed E-state index contributed by atoms with van der Waals surface area (Å²) in [6.07, 6.45) is -4.77. The maximum absolute atomic E-state index is 12.1. The molecule has 1 aliphatic heterocycles. The van der Waals surface area contributed by atoms with Gasteiger partial charge in [0.1, 0.15) is 36.5 Å². The van der Waals surface area contributed by atoms with Crippen molar-refractivity contribution in [2.45, 2.75) is 87.9 Å². The Labute approximate surface area is 197 Å². The topological polar surface area (TPSA) is 244 Å². The van der Waals surface area contributed by atoms with Crippen LogP contribution in [0.2, 0.25) is 0 Å². The van der Waals surface area contributed by atoms with E-state index in [1.165, 1.54) is 13.8 Å². The maximum atomic E-state index is 12.1. The number of aliphatic carboxylic acids is 1. The van der Waals surface area contributed by atoms with Gasteiger partial charge in [-0.25, -0.2) is 0 Å². The summed E-state index contributed by atoms with van der Waals surface area (Å²) in [5.74, 6) is -4.51. The van der Waals surface area contributed by atoms with Crippen molar-refractivity contribution < 1.29 is 49.8 Å². The highest BCUT2D eigenvalue weighted by Gasteiger charge is 2.52. The zero-order valence-corrected chi connectivity index (χ0v) is 19.4. The first-order chi connectivity index (χ1) is 15.8. The monoisotopic (exact) mass is 494 g/mol. The molecule has 0 radical (unpaired) electrons. The second-order valence-electron chi connectivity index (χ2n) is 8.51. The molecule has 0 aromatic rings. The van der Waals surface area contributed by atoms with Gasteiger partial charge in [0.05, 0.1) is 12.6 Å². The Balaban J connectivity index is 2.27. The second-order valence-corrected chi connectivity index (χ2v) is 8.51. The molecule has 0 saturated carbocycles. The molecule has 0 aliphatic carbocycles. The fourth-order valence-corrected chi connectivity index (χ4v) is 3.35. The van der Waals surface area contributed by atoms with Crippen LogP contribution in [0.15, 0.2) is 0 Å². The van der Waals surface area contributed by atoms with Gasteiger partial charge >= 0.3 is 5.97 Å². The number of carboxylic acids is 1. The summed E-state index contributed by atoms with van der Waals surface area (Å²) in [6.45, 7) is 2.77. The molecule has 2 amide bonds. The van der Waals surface area contributed by atoms with Gasteiger partial charge < -0.3 is 57.1 Å². The van der Waals surface area contributed by atoms with Crippen LogP contribution < -0.4 is 21.7 Å². The van der Waals surface area contributed by atoms with Crippen molar-refractivity contribution in [2.75, 3.05) is 19.7 Å². The minimum absolute atomic E-state index is 0.114. The van der Waals surface area contributed by atoms with Crippen LogP contribution in [0, 0.1) is 0 Å². The first kappa shape index (κ1) is 30.1. The van der Waals surface area contributed by atoms with Gasteiger partial charge in [0, 0.05) is 13.0 Å². The highest BCUT2D eigenvalue weighted by Crippen LogP contribution is 2.30. The van der Waals surface area contributed by atoms with E-state index in [1.807, 2.05) is 0 Å². The number of carbonyl (C=O) groups is 3. The van der Waals surface area contributed by atoms with Crippen molar-refractivity contribution in [2.24, 2.45) is 5.73 Å². The number of amides is 2. The molecular weight excluding hydrogens is 456 g/mol. The highest BCUT2D eigenvalue weighted by molar-refractivity contribution is 5.91. The summed E-state index contributed by atoms with van der Waals surface area (Å²) in [6, 6.07) is -2.90. The third-order valence-electron chi connectivity index (χ3n) is 5.65. The number of hydrogen-bond acceptors (Lipinski definition) is 11. The van der Waals surface area contributed by atoms with Crippen LogP contribution in [0.3, 0.4) is 0 Å². The number of hydrogen-bond donors (Lipinski definition) is 10. The molecule has 0 aromatic heterocycles. The summed E-state index contributed by atoms with van der Waals surface area (Å²) in [5, 5.41) is 65.7.